The highest BCUT2D eigenvalue weighted by atomic mass is 16.3. The molecule has 198 valence electrons. The highest BCUT2D eigenvalue weighted by molar-refractivity contribution is 5.95. The van der Waals surface area contributed by atoms with Gasteiger partial charge in [0.05, 0.1) is 17.1 Å². The zero-order chi connectivity index (χ0) is 28.1. The van der Waals surface area contributed by atoms with Gasteiger partial charge in [0.1, 0.15) is 22.8 Å². The van der Waals surface area contributed by atoms with Gasteiger partial charge in [0.2, 0.25) is 0 Å². The van der Waals surface area contributed by atoms with Gasteiger partial charge in [-0.1, -0.05) is 42.5 Å². The number of fused-ring (bicyclic) bond motifs is 1. The Morgan fingerprint density at radius 2 is 1.27 bits per heavy atom. The summed E-state index contributed by atoms with van der Waals surface area (Å²) in [5.74, 6) is 0.0398. The Labute approximate surface area is 233 Å². The summed E-state index contributed by atoms with van der Waals surface area (Å²) in [6.07, 6.45) is 0. The average molecular weight is 528 g/mol. The number of aromatic hydroxyl groups is 1. The van der Waals surface area contributed by atoms with Crippen molar-refractivity contribution in [2.45, 2.75) is 13.8 Å². The first-order valence-corrected chi connectivity index (χ1v) is 12.8. The smallest absolute Gasteiger partial charge is 0.143 e. The van der Waals surface area contributed by atoms with Crippen molar-refractivity contribution in [2.24, 2.45) is 30.7 Å². The van der Waals surface area contributed by atoms with E-state index in [1.165, 1.54) is 0 Å². The van der Waals surface area contributed by atoms with Gasteiger partial charge in [-0.25, -0.2) is 0 Å². The molecule has 0 aromatic heterocycles. The minimum Gasteiger partial charge on any atom is -0.506 e. The molecule has 5 aromatic carbocycles. The predicted molar refractivity (Wildman–Crippen MR) is 161 cm³/mol. The van der Waals surface area contributed by atoms with Crippen LogP contribution in [0.4, 0.5) is 39.8 Å². The summed E-state index contributed by atoms with van der Waals surface area (Å²) in [5.41, 5.74) is 6.62. The Kier molecular flexibility index (Phi) is 7.68. The largest absolute Gasteiger partial charge is 0.506 e. The molecular weight excluding hydrogens is 498 g/mol. The molecule has 0 fully saturated rings. The molecule has 8 heteroatoms. The molecule has 8 nitrogen and oxygen atoms in total. The highest BCUT2D eigenvalue weighted by Gasteiger charge is 2.09. The van der Waals surface area contributed by atoms with E-state index in [0.717, 1.165) is 39.0 Å². The molecule has 5 rings (SSSR count). The molecule has 1 N–H and O–H groups in total. The molecule has 0 saturated carbocycles. The van der Waals surface area contributed by atoms with Crippen LogP contribution in [0.25, 0.3) is 10.8 Å². The third-order valence-electron chi connectivity index (χ3n) is 6.37. The van der Waals surface area contributed by atoms with Crippen LogP contribution in [0.5, 0.6) is 5.75 Å². The Morgan fingerprint density at radius 3 is 2.08 bits per heavy atom. The minimum atomic E-state index is 0.0398. The van der Waals surface area contributed by atoms with Gasteiger partial charge in [0.25, 0.3) is 0 Å². The molecule has 0 saturated heterocycles. The normalized spacial score (nSPS) is 11.8. The summed E-state index contributed by atoms with van der Waals surface area (Å²) in [6.45, 7) is 4.01. The van der Waals surface area contributed by atoms with E-state index < -0.39 is 0 Å². The van der Waals surface area contributed by atoms with Gasteiger partial charge in [0.15, 0.2) is 0 Å². The first kappa shape index (κ1) is 26.4. The Morgan fingerprint density at radius 1 is 0.575 bits per heavy atom. The van der Waals surface area contributed by atoms with Gasteiger partial charge in [-0.2, -0.15) is 15.3 Å². The van der Waals surface area contributed by atoms with Crippen molar-refractivity contribution < 1.29 is 5.11 Å². The molecular formula is C32H29N7O. The van der Waals surface area contributed by atoms with Gasteiger partial charge in [-0.3, -0.25) is 0 Å². The fourth-order valence-electron chi connectivity index (χ4n) is 4.06. The van der Waals surface area contributed by atoms with Crippen molar-refractivity contribution >= 4 is 50.6 Å². The van der Waals surface area contributed by atoms with Crippen LogP contribution >= 0.6 is 0 Å². The lowest BCUT2D eigenvalue weighted by Crippen LogP contribution is -2.07. The number of hydrogen-bond acceptors (Lipinski definition) is 8. The van der Waals surface area contributed by atoms with E-state index in [2.05, 4.69) is 30.7 Å². The number of azo groups is 3. The minimum absolute atomic E-state index is 0.0398. The van der Waals surface area contributed by atoms with Gasteiger partial charge in [0, 0.05) is 25.2 Å². The second kappa shape index (κ2) is 11.7. The molecule has 0 aliphatic carbocycles. The van der Waals surface area contributed by atoms with Crippen LogP contribution in [0.2, 0.25) is 0 Å². The lowest BCUT2D eigenvalue weighted by molar-refractivity contribution is 0.477. The van der Waals surface area contributed by atoms with Crippen molar-refractivity contribution in [3.63, 3.8) is 0 Å². The highest BCUT2D eigenvalue weighted by Crippen LogP contribution is 2.39. The Balaban J connectivity index is 1.53. The number of phenols is 1. The van der Waals surface area contributed by atoms with E-state index in [4.69, 9.17) is 0 Å². The number of aryl methyl sites for hydroxylation is 2. The summed E-state index contributed by atoms with van der Waals surface area (Å²) < 4.78 is 0. The molecule has 0 unspecified atom stereocenters. The lowest BCUT2D eigenvalue weighted by atomic mass is 10.1. The number of phenolic OH excluding ortho intramolecular Hbond substituents is 1. The SMILES string of the molecule is Cc1ccc(C)c(N=Nc2ccc(N=Nc3ccc(N(C)C)cc3)cc2N=Nc2c(O)ccc3ccccc23)c1. The topological polar surface area (TPSA) is 97.6 Å². The Hall–Kier alpha value is -5.24. The van der Waals surface area contributed by atoms with Crippen LogP contribution in [0.1, 0.15) is 11.1 Å². The molecule has 0 bridgehead atoms. The zero-order valence-corrected chi connectivity index (χ0v) is 22.8. The fraction of sp³-hybridized carbons (Fsp3) is 0.125. The number of nitrogens with zero attached hydrogens (tertiary/aromatic N) is 7. The molecule has 0 aliphatic rings. The zero-order valence-electron chi connectivity index (χ0n) is 22.8. The van der Waals surface area contributed by atoms with Crippen molar-refractivity contribution in [1.29, 1.82) is 0 Å². The summed E-state index contributed by atoms with van der Waals surface area (Å²) >= 11 is 0. The second-order valence-corrected chi connectivity index (χ2v) is 9.63. The van der Waals surface area contributed by atoms with Gasteiger partial charge in [-0.05, 0) is 85.0 Å². The molecule has 0 atom stereocenters. The van der Waals surface area contributed by atoms with E-state index in [1.807, 2.05) is 112 Å². The molecule has 0 amide bonds. The van der Waals surface area contributed by atoms with Gasteiger partial charge < -0.3 is 10.0 Å². The summed E-state index contributed by atoms with van der Waals surface area (Å²) in [5, 5.41) is 39.0. The van der Waals surface area contributed by atoms with Crippen LogP contribution in [0.3, 0.4) is 0 Å². The summed E-state index contributed by atoms with van der Waals surface area (Å²) in [4.78, 5) is 2.03. The third kappa shape index (κ3) is 6.07. The molecule has 40 heavy (non-hydrogen) atoms. The van der Waals surface area contributed by atoms with Crippen molar-refractivity contribution in [1.82, 2.24) is 0 Å². The number of rotatable bonds is 7. The quantitative estimate of drug-likeness (QED) is 0.213. The van der Waals surface area contributed by atoms with Crippen LogP contribution in [-0.2, 0) is 0 Å². The number of anilines is 1. The van der Waals surface area contributed by atoms with Crippen LogP contribution in [-0.4, -0.2) is 19.2 Å². The number of hydrogen-bond donors (Lipinski definition) is 1. The monoisotopic (exact) mass is 527 g/mol. The maximum Gasteiger partial charge on any atom is 0.143 e. The average Bonchev–Trinajstić information content (AvgIpc) is 2.96. The fourth-order valence-corrected chi connectivity index (χ4v) is 4.06. The number of benzene rings is 5. The van der Waals surface area contributed by atoms with Crippen LogP contribution in [0.15, 0.2) is 128 Å². The van der Waals surface area contributed by atoms with Crippen molar-refractivity contribution in [3.8, 4) is 5.75 Å². The van der Waals surface area contributed by atoms with Gasteiger partial charge >= 0.3 is 0 Å². The second-order valence-electron chi connectivity index (χ2n) is 9.63. The predicted octanol–water partition coefficient (Wildman–Crippen LogP) is 10.5. The lowest BCUT2D eigenvalue weighted by Gasteiger charge is -2.11. The standard InChI is InChI=1S/C32H29N7O/c1-21-9-10-22(2)29(19-21)36-35-28-17-14-25(34-33-24-12-15-26(16-13-24)39(3)4)20-30(28)37-38-32-27-8-6-5-7-23(27)11-18-31(32)40/h5-20,40H,1-4H3. The van der Waals surface area contributed by atoms with E-state index >= 15 is 0 Å². The summed E-state index contributed by atoms with van der Waals surface area (Å²) in [6, 6.07) is 30.3. The molecule has 5 aromatic rings. The van der Waals surface area contributed by atoms with Crippen LogP contribution in [0, 0.1) is 13.8 Å². The maximum absolute atomic E-state index is 10.6. The van der Waals surface area contributed by atoms with E-state index in [-0.39, 0.29) is 5.75 Å². The maximum atomic E-state index is 10.6. The first-order chi connectivity index (χ1) is 19.4. The molecule has 0 spiro atoms. The summed E-state index contributed by atoms with van der Waals surface area (Å²) in [7, 11) is 3.98. The van der Waals surface area contributed by atoms with E-state index in [0.29, 0.717) is 22.7 Å². The Bertz CT molecular complexity index is 1760. The third-order valence-corrected chi connectivity index (χ3v) is 6.37. The van der Waals surface area contributed by atoms with Crippen molar-refractivity contribution in [3.05, 3.63) is 108 Å². The molecule has 0 radical (unpaired) electrons. The van der Waals surface area contributed by atoms with Gasteiger partial charge in [-0.15, -0.1) is 15.3 Å². The van der Waals surface area contributed by atoms with Crippen LogP contribution < -0.4 is 4.90 Å². The molecule has 0 aliphatic heterocycles. The van der Waals surface area contributed by atoms with E-state index in [9.17, 15) is 5.11 Å². The van der Waals surface area contributed by atoms with Crippen molar-refractivity contribution in [2.75, 3.05) is 19.0 Å². The first-order valence-electron chi connectivity index (χ1n) is 12.8. The van der Waals surface area contributed by atoms with E-state index in [1.54, 1.807) is 18.2 Å². The molecule has 0 heterocycles.